The standard InChI is InChI=1S/C26H29F2N5O3/c1-2-32(17-19-7-4-3-5-8-19)24(34)12-11-23-29-22(30-36-23)18-31-13-15-33(16-14-31)26(35)25-20(27)9-6-10-21(25)28/h3-10H,2,11-18H2,1H3. The number of rotatable bonds is 9. The molecule has 0 bridgehead atoms. The van der Waals surface area contributed by atoms with Gasteiger partial charge < -0.3 is 14.3 Å². The van der Waals surface area contributed by atoms with E-state index in [4.69, 9.17) is 4.52 Å². The van der Waals surface area contributed by atoms with E-state index in [1.54, 1.807) is 4.90 Å². The average molecular weight is 498 g/mol. The SMILES string of the molecule is CCN(Cc1ccccc1)C(=O)CCc1nc(CN2CCN(C(=O)c3c(F)cccc3F)CC2)no1. The summed E-state index contributed by atoms with van der Waals surface area (Å²) in [5.74, 6) is -1.45. The van der Waals surface area contributed by atoms with Crippen LogP contribution in [0.1, 0.15) is 41.0 Å². The van der Waals surface area contributed by atoms with Crippen LogP contribution in [-0.2, 0) is 24.3 Å². The van der Waals surface area contributed by atoms with E-state index in [9.17, 15) is 18.4 Å². The third-order valence-corrected chi connectivity index (χ3v) is 6.21. The van der Waals surface area contributed by atoms with Crippen LogP contribution in [0.2, 0.25) is 0 Å². The lowest BCUT2D eigenvalue weighted by Crippen LogP contribution is -2.48. The minimum Gasteiger partial charge on any atom is -0.339 e. The Morgan fingerprint density at radius 2 is 1.69 bits per heavy atom. The fourth-order valence-electron chi connectivity index (χ4n) is 4.18. The molecule has 1 aliphatic rings. The van der Waals surface area contributed by atoms with E-state index >= 15 is 0 Å². The van der Waals surface area contributed by atoms with Crippen molar-refractivity contribution in [1.82, 2.24) is 24.8 Å². The van der Waals surface area contributed by atoms with E-state index in [2.05, 4.69) is 10.1 Å². The van der Waals surface area contributed by atoms with E-state index in [1.807, 2.05) is 42.2 Å². The molecule has 2 heterocycles. The summed E-state index contributed by atoms with van der Waals surface area (Å²) < 4.78 is 33.2. The summed E-state index contributed by atoms with van der Waals surface area (Å²) in [6, 6.07) is 13.2. The highest BCUT2D eigenvalue weighted by molar-refractivity contribution is 5.94. The molecule has 0 spiro atoms. The number of aryl methyl sites for hydroxylation is 1. The molecule has 1 aliphatic heterocycles. The largest absolute Gasteiger partial charge is 0.339 e. The van der Waals surface area contributed by atoms with Gasteiger partial charge in [0.2, 0.25) is 11.8 Å². The van der Waals surface area contributed by atoms with Gasteiger partial charge in [0.1, 0.15) is 17.2 Å². The van der Waals surface area contributed by atoms with Crippen molar-refractivity contribution in [1.29, 1.82) is 0 Å². The summed E-state index contributed by atoms with van der Waals surface area (Å²) in [7, 11) is 0. The second-order valence-electron chi connectivity index (χ2n) is 8.66. The normalized spacial score (nSPS) is 14.1. The molecule has 0 N–H and O–H groups in total. The molecular formula is C26H29F2N5O3. The molecule has 3 aromatic rings. The van der Waals surface area contributed by atoms with Crippen molar-refractivity contribution < 1.29 is 22.9 Å². The summed E-state index contributed by atoms with van der Waals surface area (Å²) in [6.45, 7) is 5.23. The smallest absolute Gasteiger partial charge is 0.259 e. The zero-order valence-corrected chi connectivity index (χ0v) is 20.2. The van der Waals surface area contributed by atoms with Crippen molar-refractivity contribution in [2.75, 3.05) is 32.7 Å². The maximum Gasteiger partial charge on any atom is 0.259 e. The zero-order chi connectivity index (χ0) is 25.5. The molecule has 1 aromatic heterocycles. The molecule has 2 aromatic carbocycles. The van der Waals surface area contributed by atoms with Gasteiger partial charge in [-0.15, -0.1) is 0 Å². The Morgan fingerprint density at radius 1 is 1.00 bits per heavy atom. The van der Waals surface area contributed by atoms with Gasteiger partial charge in [-0.3, -0.25) is 14.5 Å². The summed E-state index contributed by atoms with van der Waals surface area (Å²) in [5.41, 5.74) is 0.558. The van der Waals surface area contributed by atoms with Crippen LogP contribution < -0.4 is 0 Å². The molecule has 0 unspecified atom stereocenters. The summed E-state index contributed by atoms with van der Waals surface area (Å²) in [5, 5.41) is 4.01. The number of hydrogen-bond donors (Lipinski definition) is 0. The monoisotopic (exact) mass is 497 g/mol. The maximum atomic E-state index is 13.9. The van der Waals surface area contributed by atoms with Gasteiger partial charge in [0.15, 0.2) is 5.82 Å². The molecule has 2 amide bonds. The lowest BCUT2D eigenvalue weighted by molar-refractivity contribution is -0.131. The summed E-state index contributed by atoms with van der Waals surface area (Å²) in [6.07, 6.45) is 0.628. The maximum absolute atomic E-state index is 13.9. The fourth-order valence-corrected chi connectivity index (χ4v) is 4.18. The first kappa shape index (κ1) is 25.4. The van der Waals surface area contributed by atoms with Crippen LogP contribution in [-0.4, -0.2) is 69.4 Å². The molecule has 1 saturated heterocycles. The van der Waals surface area contributed by atoms with Crippen LogP contribution in [0.5, 0.6) is 0 Å². The highest BCUT2D eigenvalue weighted by Gasteiger charge is 2.27. The van der Waals surface area contributed by atoms with Gasteiger partial charge in [-0.25, -0.2) is 8.78 Å². The van der Waals surface area contributed by atoms with E-state index in [1.165, 1.54) is 11.0 Å². The van der Waals surface area contributed by atoms with Crippen LogP contribution in [0.3, 0.4) is 0 Å². The molecule has 0 aliphatic carbocycles. The Labute approximate surface area is 208 Å². The molecule has 0 saturated carbocycles. The molecule has 0 atom stereocenters. The van der Waals surface area contributed by atoms with Crippen LogP contribution in [0.25, 0.3) is 0 Å². The highest BCUT2D eigenvalue weighted by atomic mass is 19.1. The second kappa shape index (κ2) is 11.9. The van der Waals surface area contributed by atoms with Crippen molar-refractivity contribution in [2.45, 2.75) is 32.9 Å². The number of benzene rings is 2. The quantitative estimate of drug-likeness (QED) is 0.451. The molecule has 4 rings (SSSR count). The lowest BCUT2D eigenvalue weighted by atomic mass is 10.1. The molecule has 0 radical (unpaired) electrons. The second-order valence-corrected chi connectivity index (χ2v) is 8.66. The van der Waals surface area contributed by atoms with Crippen LogP contribution in [0.15, 0.2) is 53.1 Å². The molecular weight excluding hydrogens is 468 g/mol. The molecule has 8 nitrogen and oxygen atoms in total. The third kappa shape index (κ3) is 6.31. The first-order chi connectivity index (χ1) is 17.4. The van der Waals surface area contributed by atoms with E-state index in [0.717, 1.165) is 17.7 Å². The number of halogens is 2. The van der Waals surface area contributed by atoms with E-state index in [0.29, 0.717) is 63.9 Å². The predicted octanol–water partition coefficient (Wildman–Crippen LogP) is 3.29. The first-order valence-electron chi connectivity index (χ1n) is 12.0. The van der Waals surface area contributed by atoms with Crippen molar-refractivity contribution in [2.24, 2.45) is 0 Å². The van der Waals surface area contributed by atoms with E-state index in [-0.39, 0.29) is 12.3 Å². The zero-order valence-electron chi connectivity index (χ0n) is 20.2. The molecule has 1 fully saturated rings. The Hall–Kier alpha value is -3.66. The number of piperazine rings is 1. The molecule has 36 heavy (non-hydrogen) atoms. The van der Waals surface area contributed by atoms with Crippen LogP contribution in [0, 0.1) is 11.6 Å². The molecule has 10 heteroatoms. The summed E-state index contributed by atoms with van der Waals surface area (Å²) >= 11 is 0. The van der Waals surface area contributed by atoms with Gasteiger partial charge >= 0.3 is 0 Å². The van der Waals surface area contributed by atoms with Crippen molar-refractivity contribution in [3.63, 3.8) is 0 Å². The van der Waals surface area contributed by atoms with Gasteiger partial charge in [0.05, 0.1) is 6.54 Å². The van der Waals surface area contributed by atoms with Crippen molar-refractivity contribution in [3.8, 4) is 0 Å². The predicted molar refractivity (Wildman–Crippen MR) is 128 cm³/mol. The number of amides is 2. The first-order valence-corrected chi connectivity index (χ1v) is 12.0. The fraction of sp³-hybridized carbons (Fsp3) is 0.385. The highest BCUT2D eigenvalue weighted by Crippen LogP contribution is 2.17. The van der Waals surface area contributed by atoms with Crippen LogP contribution >= 0.6 is 0 Å². The van der Waals surface area contributed by atoms with Gasteiger partial charge in [-0.05, 0) is 24.6 Å². The van der Waals surface area contributed by atoms with Crippen molar-refractivity contribution in [3.05, 3.63) is 83.0 Å². The lowest BCUT2D eigenvalue weighted by Gasteiger charge is -2.34. The van der Waals surface area contributed by atoms with E-state index < -0.39 is 23.1 Å². The Morgan fingerprint density at radius 3 is 2.36 bits per heavy atom. The van der Waals surface area contributed by atoms with Crippen molar-refractivity contribution >= 4 is 11.8 Å². The minimum atomic E-state index is -0.859. The van der Waals surface area contributed by atoms with Gasteiger partial charge in [-0.1, -0.05) is 41.6 Å². The molecule has 190 valence electrons. The Kier molecular flexibility index (Phi) is 8.37. The third-order valence-electron chi connectivity index (χ3n) is 6.21. The number of carbonyl (C=O) groups is 2. The van der Waals surface area contributed by atoms with Crippen LogP contribution in [0.4, 0.5) is 8.78 Å². The minimum absolute atomic E-state index is 0.0215. The average Bonchev–Trinajstić information content (AvgIpc) is 3.34. The Bertz CT molecular complexity index is 1160. The topological polar surface area (TPSA) is 82.8 Å². The van der Waals surface area contributed by atoms with Gasteiger partial charge in [0, 0.05) is 52.1 Å². The summed E-state index contributed by atoms with van der Waals surface area (Å²) in [4.78, 5) is 34.9. The number of aromatic nitrogens is 2. The van der Waals surface area contributed by atoms with Gasteiger partial charge in [0.25, 0.3) is 5.91 Å². The number of nitrogens with zero attached hydrogens (tertiary/aromatic N) is 5. The Balaban J connectivity index is 1.24. The van der Waals surface area contributed by atoms with Gasteiger partial charge in [-0.2, -0.15) is 4.98 Å². The number of carbonyl (C=O) groups excluding carboxylic acids is 2. The number of hydrogen-bond acceptors (Lipinski definition) is 6.